The van der Waals surface area contributed by atoms with Crippen molar-refractivity contribution in [2.45, 2.75) is 13.8 Å². The van der Waals surface area contributed by atoms with E-state index in [2.05, 4.69) is 4.98 Å². The van der Waals surface area contributed by atoms with Gasteiger partial charge < -0.3 is 9.84 Å². The summed E-state index contributed by atoms with van der Waals surface area (Å²) in [6.45, 7) is 3.30. The van der Waals surface area contributed by atoms with Crippen LogP contribution in [0.25, 0.3) is 0 Å². The molecule has 0 fully saturated rings. The first kappa shape index (κ1) is 14.3. The van der Waals surface area contributed by atoms with Crippen LogP contribution in [0.1, 0.15) is 21.7 Å². The minimum Gasteiger partial charge on any atom is -0.477 e. The molecule has 0 atom stereocenters. The molecule has 1 heterocycles. The Hall–Kier alpha value is -2.14. The zero-order valence-electron chi connectivity index (χ0n) is 10.8. The van der Waals surface area contributed by atoms with Gasteiger partial charge in [-0.1, -0.05) is 11.6 Å². The predicted molar refractivity (Wildman–Crippen MR) is 72.2 cm³/mol. The molecule has 0 bridgehead atoms. The lowest BCUT2D eigenvalue weighted by molar-refractivity contribution is 0.0692. The Bertz CT molecular complexity index is 688. The van der Waals surface area contributed by atoms with E-state index in [0.29, 0.717) is 11.4 Å². The number of carboxylic acids is 1. The van der Waals surface area contributed by atoms with E-state index in [9.17, 15) is 14.3 Å². The maximum atomic E-state index is 13.0. The average Bonchev–Trinajstić information content (AvgIpc) is 2.31. The molecule has 1 N–H and O–H groups in total. The van der Waals surface area contributed by atoms with Crippen LogP contribution in [0.4, 0.5) is 4.39 Å². The van der Waals surface area contributed by atoms with Crippen molar-refractivity contribution < 1.29 is 19.0 Å². The van der Waals surface area contributed by atoms with Crippen molar-refractivity contribution in [2.75, 3.05) is 0 Å². The lowest BCUT2D eigenvalue weighted by Gasteiger charge is -2.12. The highest BCUT2D eigenvalue weighted by Crippen LogP contribution is 2.32. The van der Waals surface area contributed by atoms with Gasteiger partial charge in [0.1, 0.15) is 22.9 Å². The van der Waals surface area contributed by atoms with Crippen molar-refractivity contribution in [3.8, 4) is 11.5 Å². The molecule has 2 rings (SSSR count). The molecule has 2 aromatic rings. The van der Waals surface area contributed by atoms with Gasteiger partial charge >= 0.3 is 5.97 Å². The summed E-state index contributed by atoms with van der Waals surface area (Å²) in [5.74, 6) is -1.34. The van der Waals surface area contributed by atoms with Crippen molar-refractivity contribution in [1.29, 1.82) is 0 Å². The van der Waals surface area contributed by atoms with Gasteiger partial charge in [-0.25, -0.2) is 9.18 Å². The normalized spacial score (nSPS) is 10.4. The molecule has 0 saturated carbocycles. The van der Waals surface area contributed by atoms with E-state index < -0.39 is 11.8 Å². The zero-order chi connectivity index (χ0) is 14.9. The molecule has 0 saturated heterocycles. The second-order valence-corrected chi connectivity index (χ2v) is 4.61. The van der Waals surface area contributed by atoms with Crippen LogP contribution in [-0.4, -0.2) is 16.1 Å². The molecular formula is C14H11ClFNO3. The first-order chi connectivity index (χ1) is 9.38. The number of carboxylic acid groups (broad SMARTS) is 1. The molecule has 0 aliphatic carbocycles. The van der Waals surface area contributed by atoms with E-state index in [4.69, 9.17) is 16.3 Å². The SMILES string of the molecule is Cc1cc(Oc2ccc(F)cc2Cl)c(C(=O)O)c(C)n1. The second-order valence-electron chi connectivity index (χ2n) is 4.20. The Kier molecular flexibility index (Phi) is 3.90. The smallest absolute Gasteiger partial charge is 0.341 e. The minimum atomic E-state index is -1.15. The molecule has 104 valence electrons. The number of hydrogen-bond donors (Lipinski definition) is 1. The van der Waals surface area contributed by atoms with Crippen LogP contribution in [0.2, 0.25) is 5.02 Å². The Morgan fingerprint density at radius 2 is 2.00 bits per heavy atom. The van der Waals surface area contributed by atoms with Crippen molar-refractivity contribution in [1.82, 2.24) is 4.98 Å². The van der Waals surface area contributed by atoms with Crippen molar-refractivity contribution in [3.05, 3.63) is 52.1 Å². The maximum Gasteiger partial charge on any atom is 0.341 e. The number of ether oxygens (including phenoxy) is 1. The highest BCUT2D eigenvalue weighted by Gasteiger charge is 2.18. The zero-order valence-corrected chi connectivity index (χ0v) is 11.5. The van der Waals surface area contributed by atoms with Crippen LogP contribution >= 0.6 is 11.6 Å². The third kappa shape index (κ3) is 2.88. The van der Waals surface area contributed by atoms with Gasteiger partial charge in [-0.2, -0.15) is 0 Å². The summed E-state index contributed by atoms with van der Waals surface area (Å²) in [6, 6.07) is 5.12. The van der Waals surface area contributed by atoms with Gasteiger partial charge in [0, 0.05) is 11.8 Å². The number of benzene rings is 1. The fourth-order valence-corrected chi connectivity index (χ4v) is 2.02. The van der Waals surface area contributed by atoms with Gasteiger partial charge in [-0.15, -0.1) is 0 Å². The van der Waals surface area contributed by atoms with E-state index in [1.54, 1.807) is 13.8 Å². The van der Waals surface area contributed by atoms with Gasteiger partial charge in [-0.05, 0) is 32.0 Å². The third-order valence-electron chi connectivity index (χ3n) is 2.62. The van der Waals surface area contributed by atoms with Gasteiger partial charge in [-0.3, -0.25) is 4.98 Å². The van der Waals surface area contributed by atoms with Crippen LogP contribution in [0.3, 0.4) is 0 Å². The van der Waals surface area contributed by atoms with Gasteiger partial charge in [0.15, 0.2) is 0 Å². The highest BCUT2D eigenvalue weighted by molar-refractivity contribution is 6.32. The largest absolute Gasteiger partial charge is 0.477 e. The summed E-state index contributed by atoms with van der Waals surface area (Å²) in [6.07, 6.45) is 0. The summed E-state index contributed by atoms with van der Waals surface area (Å²) in [5, 5.41) is 9.28. The van der Waals surface area contributed by atoms with E-state index >= 15 is 0 Å². The second kappa shape index (κ2) is 5.46. The van der Waals surface area contributed by atoms with Crippen LogP contribution in [0.5, 0.6) is 11.5 Å². The van der Waals surface area contributed by atoms with E-state index in [1.807, 2.05) is 0 Å². The Morgan fingerprint density at radius 1 is 1.30 bits per heavy atom. The van der Waals surface area contributed by atoms with Crippen LogP contribution in [-0.2, 0) is 0 Å². The lowest BCUT2D eigenvalue weighted by Crippen LogP contribution is -2.06. The first-order valence-electron chi connectivity index (χ1n) is 5.73. The summed E-state index contributed by atoms with van der Waals surface area (Å²) >= 11 is 5.86. The molecule has 4 nitrogen and oxygen atoms in total. The Labute approximate surface area is 119 Å². The number of aromatic carboxylic acids is 1. The predicted octanol–water partition coefficient (Wildman–Crippen LogP) is 3.98. The number of carbonyl (C=O) groups is 1. The first-order valence-corrected chi connectivity index (χ1v) is 6.10. The number of nitrogens with zero attached hydrogens (tertiary/aromatic N) is 1. The molecule has 0 aliphatic heterocycles. The van der Waals surface area contributed by atoms with Gasteiger partial charge in [0.2, 0.25) is 0 Å². The summed E-state index contributed by atoms with van der Waals surface area (Å²) < 4.78 is 18.5. The van der Waals surface area contributed by atoms with E-state index in [0.717, 1.165) is 6.07 Å². The molecule has 20 heavy (non-hydrogen) atoms. The Morgan fingerprint density at radius 3 is 2.60 bits per heavy atom. The molecule has 0 radical (unpaired) electrons. The highest BCUT2D eigenvalue weighted by atomic mass is 35.5. The summed E-state index contributed by atoms with van der Waals surface area (Å²) in [5.41, 5.74) is 0.905. The molecule has 0 spiro atoms. The van der Waals surface area contributed by atoms with Crippen LogP contribution in [0, 0.1) is 19.7 Å². The minimum absolute atomic E-state index is 0.0454. The third-order valence-corrected chi connectivity index (χ3v) is 2.92. The van der Waals surface area contributed by atoms with E-state index in [1.165, 1.54) is 18.2 Å². The lowest BCUT2D eigenvalue weighted by atomic mass is 10.1. The standard InChI is InChI=1S/C14H11ClFNO3/c1-7-5-12(13(14(18)19)8(2)17-7)20-11-4-3-9(16)6-10(11)15/h3-6H,1-2H3,(H,18,19). The topological polar surface area (TPSA) is 59.4 Å². The number of rotatable bonds is 3. The van der Waals surface area contributed by atoms with Crippen LogP contribution < -0.4 is 4.74 Å². The molecule has 1 aromatic carbocycles. The van der Waals surface area contributed by atoms with Crippen molar-refractivity contribution >= 4 is 17.6 Å². The van der Waals surface area contributed by atoms with Crippen molar-refractivity contribution in [2.24, 2.45) is 0 Å². The molecule has 0 unspecified atom stereocenters. The van der Waals surface area contributed by atoms with E-state index in [-0.39, 0.29) is 22.1 Å². The Balaban J connectivity index is 2.50. The molecule has 0 aliphatic rings. The molecule has 6 heteroatoms. The number of aryl methyl sites for hydroxylation is 2. The maximum absolute atomic E-state index is 13.0. The fourth-order valence-electron chi connectivity index (χ4n) is 1.81. The number of pyridine rings is 1. The van der Waals surface area contributed by atoms with Gasteiger partial charge in [0.25, 0.3) is 0 Å². The van der Waals surface area contributed by atoms with Gasteiger partial charge in [0.05, 0.1) is 10.7 Å². The number of halogens is 2. The van der Waals surface area contributed by atoms with Crippen LogP contribution in [0.15, 0.2) is 24.3 Å². The fraction of sp³-hybridized carbons (Fsp3) is 0.143. The number of hydrogen-bond acceptors (Lipinski definition) is 3. The summed E-state index contributed by atoms with van der Waals surface area (Å²) in [7, 11) is 0. The monoisotopic (exact) mass is 295 g/mol. The molecule has 0 amide bonds. The number of aromatic nitrogens is 1. The molecule has 1 aromatic heterocycles. The quantitative estimate of drug-likeness (QED) is 0.930. The van der Waals surface area contributed by atoms with Crippen molar-refractivity contribution in [3.63, 3.8) is 0 Å². The molecular weight excluding hydrogens is 285 g/mol. The average molecular weight is 296 g/mol. The summed E-state index contributed by atoms with van der Waals surface area (Å²) in [4.78, 5) is 15.3.